The van der Waals surface area contributed by atoms with Crippen molar-refractivity contribution in [2.24, 2.45) is 11.7 Å². The molecule has 1 unspecified atom stereocenters. The molecule has 1 aliphatic rings. The molecule has 0 saturated heterocycles. The lowest BCUT2D eigenvalue weighted by atomic mass is 10.1. The number of amides is 1. The fraction of sp³-hybridized carbons (Fsp3) is 0.438. The van der Waals surface area contributed by atoms with Crippen LogP contribution in [-0.2, 0) is 0 Å². The molecule has 1 aromatic rings. The Morgan fingerprint density at radius 2 is 2.23 bits per heavy atom. The summed E-state index contributed by atoms with van der Waals surface area (Å²) in [7, 11) is 1.54. The quantitative estimate of drug-likeness (QED) is 0.718. The highest BCUT2D eigenvalue weighted by atomic mass is 35.5. The van der Waals surface area contributed by atoms with Crippen LogP contribution in [-0.4, -0.2) is 32.2 Å². The van der Waals surface area contributed by atoms with E-state index in [0.29, 0.717) is 36.1 Å². The van der Waals surface area contributed by atoms with E-state index in [4.69, 9.17) is 15.2 Å². The molecule has 22 heavy (non-hydrogen) atoms. The topological polar surface area (TPSA) is 73.6 Å². The Kier molecular flexibility index (Phi) is 7.21. The maximum Gasteiger partial charge on any atom is 0.251 e. The number of nitrogens with two attached hydrogens (primary N) is 1. The van der Waals surface area contributed by atoms with E-state index >= 15 is 0 Å². The lowest BCUT2D eigenvalue weighted by molar-refractivity contribution is 0.0950. The molecular formula is C16H23ClN2O3. The number of nitrogens with one attached hydrogen (secondary N) is 1. The standard InChI is InChI=1S/C16H22N2O3.ClH/c1-3-8-21-14-7-6-12(9-15(14)20-2)16(19)18-10-13(17)11-4-5-11;/h3,6-7,9,11,13H,1,4-5,8,10,17H2,2H3,(H,18,19);1H. The highest BCUT2D eigenvalue weighted by Crippen LogP contribution is 2.31. The Morgan fingerprint density at radius 1 is 1.50 bits per heavy atom. The number of hydrogen-bond donors (Lipinski definition) is 2. The predicted octanol–water partition coefficient (Wildman–Crippen LogP) is 2.15. The molecule has 122 valence electrons. The fourth-order valence-corrected chi connectivity index (χ4v) is 2.08. The summed E-state index contributed by atoms with van der Waals surface area (Å²) in [5, 5.41) is 2.86. The lowest BCUT2D eigenvalue weighted by Gasteiger charge is -2.13. The van der Waals surface area contributed by atoms with Crippen LogP contribution >= 0.6 is 12.4 Å². The molecule has 1 aliphatic carbocycles. The van der Waals surface area contributed by atoms with Gasteiger partial charge >= 0.3 is 0 Å². The van der Waals surface area contributed by atoms with E-state index in [2.05, 4.69) is 11.9 Å². The first-order valence-electron chi connectivity index (χ1n) is 7.11. The molecule has 3 N–H and O–H groups in total. The van der Waals surface area contributed by atoms with Crippen molar-refractivity contribution >= 4 is 18.3 Å². The molecule has 0 aliphatic heterocycles. The maximum atomic E-state index is 12.1. The zero-order valence-corrected chi connectivity index (χ0v) is 13.5. The zero-order chi connectivity index (χ0) is 15.2. The normalized spacial score (nSPS) is 14.5. The number of rotatable bonds is 8. The second-order valence-electron chi connectivity index (χ2n) is 5.18. The summed E-state index contributed by atoms with van der Waals surface area (Å²) < 4.78 is 10.7. The number of carbonyl (C=O) groups excluding carboxylic acids is 1. The summed E-state index contributed by atoms with van der Waals surface area (Å²) in [5.41, 5.74) is 6.50. The molecule has 0 radical (unpaired) electrons. The van der Waals surface area contributed by atoms with Crippen LogP contribution in [0.4, 0.5) is 0 Å². The molecule has 0 bridgehead atoms. The number of carbonyl (C=O) groups is 1. The van der Waals surface area contributed by atoms with Gasteiger partial charge in [-0.3, -0.25) is 4.79 Å². The van der Waals surface area contributed by atoms with Gasteiger partial charge in [-0.15, -0.1) is 12.4 Å². The minimum Gasteiger partial charge on any atom is -0.493 e. The zero-order valence-electron chi connectivity index (χ0n) is 12.7. The Morgan fingerprint density at radius 3 is 2.82 bits per heavy atom. The summed E-state index contributed by atoms with van der Waals surface area (Å²) in [4.78, 5) is 12.1. The van der Waals surface area contributed by atoms with E-state index in [9.17, 15) is 4.79 Å². The SMILES string of the molecule is C=CCOc1ccc(C(=O)NCC(N)C2CC2)cc1OC.Cl. The maximum absolute atomic E-state index is 12.1. The lowest BCUT2D eigenvalue weighted by Crippen LogP contribution is -2.38. The predicted molar refractivity (Wildman–Crippen MR) is 89.0 cm³/mol. The highest BCUT2D eigenvalue weighted by Gasteiger charge is 2.28. The van der Waals surface area contributed by atoms with E-state index in [-0.39, 0.29) is 24.4 Å². The molecule has 1 fully saturated rings. The smallest absolute Gasteiger partial charge is 0.251 e. The Bertz CT molecular complexity index is 518. The molecule has 5 nitrogen and oxygen atoms in total. The monoisotopic (exact) mass is 326 g/mol. The molecule has 0 heterocycles. The molecule has 1 saturated carbocycles. The van der Waals surface area contributed by atoms with Gasteiger partial charge in [-0.2, -0.15) is 0 Å². The third-order valence-corrected chi connectivity index (χ3v) is 3.51. The molecular weight excluding hydrogens is 304 g/mol. The van der Waals surface area contributed by atoms with Gasteiger partial charge in [0.25, 0.3) is 5.91 Å². The van der Waals surface area contributed by atoms with E-state index in [1.54, 1.807) is 31.4 Å². The molecule has 1 atom stereocenters. The number of methoxy groups -OCH3 is 1. The molecule has 1 amide bonds. The van der Waals surface area contributed by atoms with Gasteiger partial charge in [0.2, 0.25) is 0 Å². The van der Waals surface area contributed by atoms with Gasteiger partial charge in [0.05, 0.1) is 7.11 Å². The number of halogens is 1. The van der Waals surface area contributed by atoms with Crippen LogP contribution in [0.15, 0.2) is 30.9 Å². The van der Waals surface area contributed by atoms with Gasteiger partial charge in [0, 0.05) is 18.2 Å². The van der Waals surface area contributed by atoms with Crippen LogP contribution in [0.5, 0.6) is 11.5 Å². The van der Waals surface area contributed by atoms with Crippen molar-refractivity contribution in [2.45, 2.75) is 18.9 Å². The van der Waals surface area contributed by atoms with Crippen molar-refractivity contribution in [3.05, 3.63) is 36.4 Å². The fourth-order valence-electron chi connectivity index (χ4n) is 2.08. The molecule has 0 aromatic heterocycles. The number of hydrogen-bond acceptors (Lipinski definition) is 4. The van der Waals surface area contributed by atoms with Crippen LogP contribution in [0, 0.1) is 5.92 Å². The van der Waals surface area contributed by atoms with Gasteiger partial charge in [0.1, 0.15) is 6.61 Å². The Labute approximate surface area is 137 Å². The van der Waals surface area contributed by atoms with E-state index in [1.807, 2.05) is 0 Å². The third-order valence-electron chi connectivity index (χ3n) is 3.51. The second kappa shape index (κ2) is 8.66. The third kappa shape index (κ3) is 4.93. The first kappa shape index (κ1) is 18.3. The minimum absolute atomic E-state index is 0. The molecule has 0 spiro atoms. The average Bonchev–Trinajstić information content (AvgIpc) is 3.34. The van der Waals surface area contributed by atoms with Crippen molar-refractivity contribution in [2.75, 3.05) is 20.3 Å². The van der Waals surface area contributed by atoms with E-state index in [1.165, 1.54) is 12.8 Å². The van der Waals surface area contributed by atoms with Crippen molar-refractivity contribution in [1.82, 2.24) is 5.32 Å². The van der Waals surface area contributed by atoms with Gasteiger partial charge in [-0.25, -0.2) is 0 Å². The van der Waals surface area contributed by atoms with Crippen LogP contribution < -0.4 is 20.5 Å². The summed E-state index contributed by atoms with van der Waals surface area (Å²) >= 11 is 0. The van der Waals surface area contributed by atoms with Gasteiger partial charge in [0.15, 0.2) is 11.5 Å². The van der Waals surface area contributed by atoms with Gasteiger partial charge < -0.3 is 20.5 Å². The number of ether oxygens (including phenoxy) is 2. The molecule has 1 aromatic carbocycles. The largest absolute Gasteiger partial charge is 0.493 e. The Hall–Kier alpha value is -1.72. The van der Waals surface area contributed by atoms with Crippen LogP contribution in [0.3, 0.4) is 0 Å². The highest BCUT2D eigenvalue weighted by molar-refractivity contribution is 5.94. The summed E-state index contributed by atoms with van der Waals surface area (Å²) in [6, 6.07) is 5.14. The van der Waals surface area contributed by atoms with Crippen molar-refractivity contribution in [3.8, 4) is 11.5 Å². The van der Waals surface area contributed by atoms with Gasteiger partial charge in [-0.05, 0) is 37.0 Å². The Balaban J connectivity index is 0.00000242. The van der Waals surface area contributed by atoms with E-state index in [0.717, 1.165) is 0 Å². The second-order valence-corrected chi connectivity index (χ2v) is 5.18. The van der Waals surface area contributed by atoms with E-state index < -0.39 is 0 Å². The minimum atomic E-state index is -0.153. The van der Waals surface area contributed by atoms with Crippen LogP contribution in [0.2, 0.25) is 0 Å². The van der Waals surface area contributed by atoms with Crippen molar-refractivity contribution in [1.29, 1.82) is 0 Å². The number of benzene rings is 1. The first-order valence-corrected chi connectivity index (χ1v) is 7.11. The van der Waals surface area contributed by atoms with Crippen molar-refractivity contribution in [3.63, 3.8) is 0 Å². The van der Waals surface area contributed by atoms with Crippen LogP contribution in [0.25, 0.3) is 0 Å². The van der Waals surface area contributed by atoms with Gasteiger partial charge in [-0.1, -0.05) is 12.7 Å². The van der Waals surface area contributed by atoms with Crippen LogP contribution in [0.1, 0.15) is 23.2 Å². The summed E-state index contributed by atoms with van der Waals surface area (Å²) in [5.74, 6) is 1.52. The summed E-state index contributed by atoms with van der Waals surface area (Å²) in [6.07, 6.45) is 3.99. The average molecular weight is 327 g/mol. The first-order chi connectivity index (χ1) is 10.2. The van der Waals surface area contributed by atoms with Crippen molar-refractivity contribution < 1.29 is 14.3 Å². The molecule has 2 rings (SSSR count). The summed E-state index contributed by atoms with van der Waals surface area (Å²) in [6.45, 7) is 4.48. The molecule has 6 heteroatoms.